The molecule has 1 N–H and O–H groups in total. The summed E-state index contributed by atoms with van der Waals surface area (Å²) >= 11 is 1.63. The maximum Gasteiger partial charge on any atom is 0.257 e. The molecule has 0 aromatic carbocycles. The van der Waals surface area contributed by atoms with Crippen LogP contribution in [0.4, 0.5) is 0 Å². The van der Waals surface area contributed by atoms with E-state index in [1.54, 1.807) is 24.3 Å². The van der Waals surface area contributed by atoms with Crippen LogP contribution in [0.5, 0.6) is 0 Å². The molecule has 2 amide bonds. The minimum absolute atomic E-state index is 0.0320. The average Bonchev–Trinajstić information content (AvgIpc) is 3.41. The van der Waals surface area contributed by atoms with Crippen LogP contribution in [0.25, 0.3) is 0 Å². The number of rotatable bonds is 4. The lowest BCUT2D eigenvalue weighted by Gasteiger charge is -2.37. The molecule has 2 aromatic heterocycles. The molecule has 0 saturated carbocycles. The number of thiophene rings is 1. The molecule has 27 heavy (non-hydrogen) atoms. The van der Waals surface area contributed by atoms with Crippen molar-refractivity contribution in [2.45, 2.75) is 26.3 Å². The molecule has 0 bridgehead atoms. The molecule has 7 heteroatoms. The second-order valence-corrected chi connectivity index (χ2v) is 8.43. The molecule has 6 nitrogen and oxygen atoms in total. The number of carbonyl (C=O) groups excluding carboxylic acids is 2. The molecule has 2 aromatic rings. The number of hydrogen-bond acceptors (Lipinski definition) is 5. The maximum atomic E-state index is 13.0. The van der Waals surface area contributed by atoms with E-state index >= 15 is 0 Å². The summed E-state index contributed by atoms with van der Waals surface area (Å²) in [6.45, 7) is 4.65. The van der Waals surface area contributed by atoms with Gasteiger partial charge in [-0.3, -0.25) is 9.59 Å². The number of likely N-dealkylation sites (tertiary alicyclic amines) is 1. The Morgan fingerprint density at radius 1 is 1.33 bits per heavy atom. The van der Waals surface area contributed by atoms with Crippen LogP contribution in [0, 0.1) is 18.3 Å². The Labute approximate surface area is 162 Å². The molecule has 0 radical (unpaired) electrons. The fourth-order valence-electron chi connectivity index (χ4n) is 4.26. The molecule has 2 aliphatic heterocycles. The number of carbonyl (C=O) groups is 2. The number of ether oxygens (including phenoxy) is 1. The van der Waals surface area contributed by atoms with Crippen LogP contribution < -0.4 is 5.32 Å². The number of nitrogens with one attached hydrogen (secondary N) is 1. The van der Waals surface area contributed by atoms with Crippen LogP contribution in [0.1, 0.15) is 33.8 Å². The van der Waals surface area contributed by atoms with Crippen LogP contribution in [0.3, 0.4) is 0 Å². The fraction of sp³-hybridized carbons (Fsp3) is 0.500. The molecular formula is C20H24N2O4S. The molecule has 1 spiro atoms. The lowest BCUT2D eigenvalue weighted by atomic mass is 9.72. The molecule has 2 fully saturated rings. The first-order chi connectivity index (χ1) is 13.1. The van der Waals surface area contributed by atoms with Crippen LogP contribution in [0.15, 0.2) is 34.3 Å². The van der Waals surface area contributed by atoms with Crippen molar-refractivity contribution < 1.29 is 18.7 Å². The Balaban J connectivity index is 1.52. The smallest absolute Gasteiger partial charge is 0.257 e. The lowest BCUT2D eigenvalue weighted by molar-refractivity contribution is -0.130. The number of furan rings is 1. The Morgan fingerprint density at radius 2 is 2.15 bits per heavy atom. The Morgan fingerprint density at radius 3 is 2.81 bits per heavy atom. The summed E-state index contributed by atoms with van der Waals surface area (Å²) in [5.41, 5.74) is 0.377. The van der Waals surface area contributed by atoms with Crippen LogP contribution >= 0.6 is 11.3 Å². The summed E-state index contributed by atoms with van der Waals surface area (Å²) in [6, 6.07) is 5.70. The molecule has 0 aliphatic carbocycles. The predicted octanol–water partition coefficient (Wildman–Crippen LogP) is 2.83. The van der Waals surface area contributed by atoms with E-state index in [0.717, 1.165) is 17.7 Å². The molecule has 0 unspecified atom stereocenters. The standard InChI is InChI=1S/C20H24N2O4S/c1-14-16(4-7-26-14)19(24)22-12-17(20(13-22)5-8-25-9-6-20)18(23)21-11-15-3-2-10-27-15/h2-4,7,10,17H,5-6,8-9,11-13H2,1H3,(H,21,23)/t17-/m0/s1. The van der Waals surface area contributed by atoms with Crippen LogP contribution in [-0.2, 0) is 16.1 Å². The second-order valence-electron chi connectivity index (χ2n) is 7.40. The summed E-state index contributed by atoms with van der Waals surface area (Å²) in [4.78, 5) is 29.0. The van der Waals surface area contributed by atoms with Gasteiger partial charge >= 0.3 is 0 Å². The first-order valence-corrected chi connectivity index (χ1v) is 10.2. The third-order valence-electron chi connectivity index (χ3n) is 5.85. The molecule has 1 atom stereocenters. The zero-order chi connectivity index (χ0) is 18.9. The number of amides is 2. The Kier molecular flexibility index (Phi) is 5.06. The third kappa shape index (κ3) is 3.53. The van der Waals surface area contributed by atoms with Crippen molar-refractivity contribution >= 4 is 23.2 Å². The molecule has 2 aliphatic rings. The number of nitrogens with zero attached hydrogens (tertiary/aromatic N) is 1. The summed E-state index contributed by atoms with van der Waals surface area (Å²) in [6.07, 6.45) is 3.14. The van der Waals surface area contributed by atoms with E-state index in [1.807, 2.05) is 22.4 Å². The van der Waals surface area contributed by atoms with Gasteiger partial charge < -0.3 is 19.4 Å². The minimum atomic E-state index is -0.211. The fourth-order valence-corrected chi connectivity index (χ4v) is 4.90. The highest BCUT2D eigenvalue weighted by atomic mass is 32.1. The summed E-state index contributed by atoms with van der Waals surface area (Å²) in [5, 5.41) is 5.08. The van der Waals surface area contributed by atoms with Crippen molar-refractivity contribution in [2.75, 3.05) is 26.3 Å². The molecule has 4 rings (SSSR count). The van der Waals surface area contributed by atoms with E-state index in [2.05, 4.69) is 5.32 Å². The van der Waals surface area contributed by atoms with Gasteiger partial charge in [-0.2, -0.15) is 0 Å². The minimum Gasteiger partial charge on any atom is -0.469 e. The normalized spacial score (nSPS) is 21.5. The topological polar surface area (TPSA) is 71.8 Å². The van der Waals surface area contributed by atoms with Crippen LogP contribution in [-0.4, -0.2) is 43.0 Å². The summed E-state index contributed by atoms with van der Waals surface area (Å²) in [5.74, 6) is 0.384. The highest BCUT2D eigenvalue weighted by molar-refractivity contribution is 7.09. The molecular weight excluding hydrogens is 364 g/mol. The van der Waals surface area contributed by atoms with E-state index in [0.29, 0.717) is 44.2 Å². The number of hydrogen-bond donors (Lipinski definition) is 1. The largest absolute Gasteiger partial charge is 0.469 e. The van der Waals surface area contributed by atoms with Gasteiger partial charge in [-0.05, 0) is 37.3 Å². The van der Waals surface area contributed by atoms with Crippen molar-refractivity contribution in [3.05, 3.63) is 46.0 Å². The van der Waals surface area contributed by atoms with E-state index in [9.17, 15) is 9.59 Å². The van der Waals surface area contributed by atoms with E-state index in [4.69, 9.17) is 9.15 Å². The van der Waals surface area contributed by atoms with Crippen molar-refractivity contribution in [2.24, 2.45) is 11.3 Å². The second kappa shape index (κ2) is 7.48. The molecule has 144 valence electrons. The quantitative estimate of drug-likeness (QED) is 0.874. The lowest BCUT2D eigenvalue weighted by Crippen LogP contribution is -2.44. The maximum absolute atomic E-state index is 13.0. The van der Waals surface area contributed by atoms with Gasteiger partial charge in [0.1, 0.15) is 5.76 Å². The highest BCUT2D eigenvalue weighted by Crippen LogP contribution is 2.45. The van der Waals surface area contributed by atoms with Crippen molar-refractivity contribution in [1.82, 2.24) is 10.2 Å². The van der Waals surface area contributed by atoms with Crippen molar-refractivity contribution in [3.63, 3.8) is 0 Å². The monoisotopic (exact) mass is 388 g/mol. The van der Waals surface area contributed by atoms with E-state index in [-0.39, 0.29) is 23.1 Å². The Hall–Kier alpha value is -2.12. The first-order valence-electron chi connectivity index (χ1n) is 9.30. The van der Waals surface area contributed by atoms with Crippen molar-refractivity contribution in [3.8, 4) is 0 Å². The zero-order valence-electron chi connectivity index (χ0n) is 15.4. The van der Waals surface area contributed by atoms with Gasteiger partial charge in [0.05, 0.1) is 24.3 Å². The third-order valence-corrected chi connectivity index (χ3v) is 6.72. The van der Waals surface area contributed by atoms with Gasteiger partial charge in [-0.1, -0.05) is 6.07 Å². The average molecular weight is 388 g/mol. The predicted molar refractivity (Wildman–Crippen MR) is 101 cm³/mol. The summed E-state index contributed by atoms with van der Waals surface area (Å²) in [7, 11) is 0. The van der Waals surface area contributed by atoms with Gasteiger partial charge in [0, 0.05) is 36.6 Å². The molecule has 4 heterocycles. The SMILES string of the molecule is Cc1occc1C(=O)N1C[C@@H](C(=O)NCc2cccs2)C2(CCOCC2)C1. The van der Waals surface area contributed by atoms with Gasteiger partial charge in [-0.15, -0.1) is 11.3 Å². The van der Waals surface area contributed by atoms with Gasteiger partial charge in [0.25, 0.3) is 5.91 Å². The van der Waals surface area contributed by atoms with Crippen molar-refractivity contribution in [1.29, 1.82) is 0 Å². The van der Waals surface area contributed by atoms with Crippen LogP contribution in [0.2, 0.25) is 0 Å². The molecule has 2 saturated heterocycles. The van der Waals surface area contributed by atoms with Gasteiger partial charge in [-0.25, -0.2) is 0 Å². The van der Waals surface area contributed by atoms with Gasteiger partial charge in [0.2, 0.25) is 5.91 Å². The number of aryl methyl sites for hydroxylation is 1. The summed E-state index contributed by atoms with van der Waals surface area (Å²) < 4.78 is 10.8. The van der Waals surface area contributed by atoms with E-state index in [1.165, 1.54) is 6.26 Å². The highest BCUT2D eigenvalue weighted by Gasteiger charge is 2.51. The van der Waals surface area contributed by atoms with Gasteiger partial charge in [0.15, 0.2) is 0 Å². The van der Waals surface area contributed by atoms with E-state index < -0.39 is 0 Å². The first kappa shape index (κ1) is 18.3. The zero-order valence-corrected chi connectivity index (χ0v) is 16.2. The Bertz CT molecular complexity index is 808.